The second kappa shape index (κ2) is 8.82. The van der Waals surface area contributed by atoms with Crippen LogP contribution in [0, 0.1) is 0 Å². The van der Waals surface area contributed by atoms with Gasteiger partial charge in [-0.3, -0.25) is 0 Å². The highest BCUT2D eigenvalue weighted by molar-refractivity contribution is 7.96. The van der Waals surface area contributed by atoms with Gasteiger partial charge in [-0.1, -0.05) is 76.2 Å². The van der Waals surface area contributed by atoms with Gasteiger partial charge in [-0.05, 0) is 46.9 Å². The van der Waals surface area contributed by atoms with Gasteiger partial charge in [0.05, 0.1) is 0 Å². The average Bonchev–Trinajstić information content (AvgIpc) is 2.65. The first-order valence-corrected chi connectivity index (χ1v) is 9.70. The van der Waals surface area contributed by atoms with Crippen molar-refractivity contribution in [3.63, 3.8) is 0 Å². The molecule has 0 aromatic heterocycles. The average molecular weight is 357 g/mol. The number of benzene rings is 2. The Morgan fingerprint density at radius 2 is 0.958 bits per heavy atom. The zero-order valence-corrected chi connectivity index (χ0v) is 16.9. The highest BCUT2D eigenvalue weighted by Crippen LogP contribution is 2.33. The quantitative estimate of drug-likeness (QED) is 0.391. The van der Waals surface area contributed by atoms with E-state index in [1.807, 2.05) is 0 Å². The summed E-state index contributed by atoms with van der Waals surface area (Å²) in [6.07, 6.45) is 2.31. The first kappa shape index (κ1) is 19.2. The van der Waals surface area contributed by atoms with Crippen molar-refractivity contribution >= 4 is 35.1 Å². The fraction of sp³-hybridized carbons (Fsp3) is 0.364. The molecular weight excluding hydrogens is 328 g/mol. The Hall–Kier alpha value is -1.12. The van der Waals surface area contributed by atoms with E-state index in [2.05, 4.69) is 76.2 Å². The Bertz CT molecular complexity index is 619. The van der Waals surface area contributed by atoms with Crippen LogP contribution in [0.1, 0.15) is 74.6 Å². The van der Waals surface area contributed by atoms with Crippen molar-refractivity contribution in [1.29, 1.82) is 0 Å². The Kier molecular flexibility index (Phi) is 7.06. The van der Waals surface area contributed by atoms with Gasteiger partial charge in [0.15, 0.2) is 0 Å². The van der Waals surface area contributed by atoms with Crippen molar-refractivity contribution in [2.45, 2.75) is 52.4 Å². The first-order chi connectivity index (χ1) is 11.5. The van der Waals surface area contributed by atoms with Crippen molar-refractivity contribution in [2.24, 2.45) is 0 Å². The van der Waals surface area contributed by atoms with Crippen LogP contribution in [0.15, 0.2) is 48.5 Å². The standard InChI is InChI=1S/C22H28S2/c1-5-15(3)17-7-11-19(12-8-17)21(23)22(24)20-13-9-18(10-14-20)16(4)6-2/h7-16,23-24H,5-6H2,1-4H3/b22-21-. The normalized spacial score (nSPS) is 14.9. The molecular formula is C22H28S2. The third-order valence-electron chi connectivity index (χ3n) is 4.96. The Balaban J connectivity index is 2.26. The van der Waals surface area contributed by atoms with Gasteiger partial charge in [-0.2, -0.15) is 0 Å². The molecule has 2 aromatic carbocycles. The van der Waals surface area contributed by atoms with Gasteiger partial charge in [-0.25, -0.2) is 0 Å². The molecule has 0 heterocycles. The van der Waals surface area contributed by atoms with Crippen LogP contribution in [0.5, 0.6) is 0 Å². The molecule has 0 aliphatic heterocycles. The summed E-state index contributed by atoms with van der Waals surface area (Å²) >= 11 is 9.45. The monoisotopic (exact) mass is 356 g/mol. The highest BCUT2D eigenvalue weighted by Gasteiger charge is 2.08. The molecule has 2 aromatic rings. The second-order valence-corrected chi connectivity index (χ2v) is 7.45. The van der Waals surface area contributed by atoms with Crippen molar-refractivity contribution in [2.75, 3.05) is 0 Å². The van der Waals surface area contributed by atoms with Crippen molar-refractivity contribution in [3.8, 4) is 0 Å². The molecule has 0 nitrogen and oxygen atoms in total. The van der Waals surface area contributed by atoms with Crippen LogP contribution in [-0.4, -0.2) is 0 Å². The van der Waals surface area contributed by atoms with E-state index in [4.69, 9.17) is 25.3 Å². The van der Waals surface area contributed by atoms with Crippen molar-refractivity contribution < 1.29 is 0 Å². The summed E-state index contributed by atoms with van der Waals surface area (Å²) in [5.74, 6) is 1.19. The lowest BCUT2D eigenvalue weighted by molar-refractivity contribution is 0.733. The molecule has 0 aliphatic rings. The molecule has 0 N–H and O–H groups in total. The lowest BCUT2D eigenvalue weighted by Gasteiger charge is -2.12. The maximum Gasteiger partial charge on any atom is 0.0253 e. The van der Waals surface area contributed by atoms with E-state index >= 15 is 0 Å². The predicted molar refractivity (Wildman–Crippen MR) is 115 cm³/mol. The maximum atomic E-state index is 4.72. The predicted octanol–water partition coefficient (Wildman–Crippen LogP) is 7.40. The summed E-state index contributed by atoms with van der Waals surface area (Å²) in [5, 5.41) is 0. The number of rotatable bonds is 6. The lowest BCUT2D eigenvalue weighted by atomic mass is 9.96. The fourth-order valence-electron chi connectivity index (χ4n) is 2.68. The molecule has 0 bridgehead atoms. The number of hydrogen-bond acceptors (Lipinski definition) is 2. The molecule has 128 valence electrons. The zero-order valence-electron chi connectivity index (χ0n) is 15.1. The van der Waals surface area contributed by atoms with Gasteiger partial charge in [0.2, 0.25) is 0 Å². The molecule has 2 rings (SSSR count). The van der Waals surface area contributed by atoms with Gasteiger partial charge < -0.3 is 0 Å². The van der Waals surface area contributed by atoms with Gasteiger partial charge in [0, 0.05) is 9.81 Å². The fourth-order valence-corrected chi connectivity index (χ4v) is 3.24. The van der Waals surface area contributed by atoms with Crippen molar-refractivity contribution in [3.05, 3.63) is 70.8 Å². The van der Waals surface area contributed by atoms with Crippen LogP contribution in [0.25, 0.3) is 9.81 Å². The van der Waals surface area contributed by atoms with Crippen LogP contribution in [0.4, 0.5) is 0 Å². The molecule has 2 atom stereocenters. The highest BCUT2D eigenvalue weighted by atomic mass is 32.1. The number of thiol groups is 2. The van der Waals surface area contributed by atoms with E-state index in [0.29, 0.717) is 11.8 Å². The minimum atomic E-state index is 0.593. The van der Waals surface area contributed by atoms with Crippen LogP contribution in [0.2, 0.25) is 0 Å². The van der Waals surface area contributed by atoms with Gasteiger partial charge in [0.25, 0.3) is 0 Å². The SMILES string of the molecule is CCC(C)c1ccc(/C(S)=C(/S)c2ccc(C(C)CC)cc2)cc1. The maximum absolute atomic E-state index is 4.72. The van der Waals surface area contributed by atoms with E-state index in [1.54, 1.807) is 0 Å². The molecule has 24 heavy (non-hydrogen) atoms. The Morgan fingerprint density at radius 3 is 1.21 bits per heavy atom. The molecule has 0 spiro atoms. The molecule has 0 saturated carbocycles. The van der Waals surface area contributed by atoms with E-state index < -0.39 is 0 Å². The van der Waals surface area contributed by atoms with E-state index in [-0.39, 0.29) is 0 Å². The molecule has 0 amide bonds. The molecule has 0 fully saturated rings. The van der Waals surface area contributed by atoms with Crippen LogP contribution < -0.4 is 0 Å². The van der Waals surface area contributed by atoms with Gasteiger partial charge >= 0.3 is 0 Å². The summed E-state index contributed by atoms with van der Waals surface area (Å²) in [5.41, 5.74) is 4.98. The minimum Gasteiger partial charge on any atom is -0.142 e. The van der Waals surface area contributed by atoms with Crippen molar-refractivity contribution in [1.82, 2.24) is 0 Å². The largest absolute Gasteiger partial charge is 0.142 e. The zero-order chi connectivity index (χ0) is 17.7. The summed E-state index contributed by atoms with van der Waals surface area (Å²) in [7, 11) is 0. The first-order valence-electron chi connectivity index (χ1n) is 8.80. The molecule has 2 unspecified atom stereocenters. The van der Waals surface area contributed by atoms with Crippen LogP contribution in [0.3, 0.4) is 0 Å². The molecule has 0 radical (unpaired) electrons. The van der Waals surface area contributed by atoms with Gasteiger partial charge in [0.1, 0.15) is 0 Å². The lowest BCUT2D eigenvalue weighted by Crippen LogP contribution is -1.92. The number of hydrogen-bond donors (Lipinski definition) is 2. The van der Waals surface area contributed by atoms with Gasteiger partial charge in [-0.15, -0.1) is 25.3 Å². The second-order valence-electron chi connectivity index (χ2n) is 6.56. The third kappa shape index (κ3) is 4.49. The Morgan fingerprint density at radius 1 is 0.667 bits per heavy atom. The van der Waals surface area contributed by atoms with E-state index in [0.717, 1.165) is 33.8 Å². The summed E-state index contributed by atoms with van der Waals surface area (Å²) in [6, 6.07) is 17.4. The van der Waals surface area contributed by atoms with E-state index in [9.17, 15) is 0 Å². The molecule has 0 saturated heterocycles. The summed E-state index contributed by atoms with van der Waals surface area (Å²) < 4.78 is 0. The van der Waals surface area contributed by atoms with Crippen LogP contribution >= 0.6 is 25.3 Å². The molecule has 2 heteroatoms. The third-order valence-corrected chi connectivity index (χ3v) is 6.10. The minimum absolute atomic E-state index is 0.593. The van der Waals surface area contributed by atoms with Crippen LogP contribution in [-0.2, 0) is 0 Å². The topological polar surface area (TPSA) is 0 Å². The van der Waals surface area contributed by atoms with E-state index in [1.165, 1.54) is 11.1 Å². The molecule has 0 aliphatic carbocycles. The summed E-state index contributed by atoms with van der Waals surface area (Å²) in [4.78, 5) is 1.84. The Labute approximate surface area is 158 Å². The smallest absolute Gasteiger partial charge is 0.0253 e. The summed E-state index contributed by atoms with van der Waals surface area (Å²) in [6.45, 7) is 8.96.